The average molecular weight is 274 g/mol. The van der Waals surface area contributed by atoms with Gasteiger partial charge in [0, 0.05) is 28.5 Å². The molecule has 19 heavy (non-hydrogen) atoms. The van der Waals surface area contributed by atoms with E-state index in [1.165, 1.54) is 11.8 Å². The Hall–Kier alpha value is -1.46. The van der Waals surface area contributed by atoms with Crippen molar-refractivity contribution in [2.24, 2.45) is 5.73 Å². The first-order chi connectivity index (χ1) is 9.08. The van der Waals surface area contributed by atoms with Gasteiger partial charge in [0.05, 0.1) is 5.69 Å². The monoisotopic (exact) mass is 274 g/mol. The first kappa shape index (κ1) is 14.0. The summed E-state index contributed by atoms with van der Waals surface area (Å²) in [5.41, 5.74) is 8.83. The number of aryl methyl sites for hydroxylation is 2. The van der Waals surface area contributed by atoms with E-state index < -0.39 is 0 Å². The van der Waals surface area contributed by atoms with Gasteiger partial charge in [-0.2, -0.15) is 0 Å². The number of rotatable bonds is 4. The molecule has 2 rings (SSSR count). The number of nitrogens with two attached hydrogens (primary N) is 1. The van der Waals surface area contributed by atoms with Crippen LogP contribution < -0.4 is 5.73 Å². The second kappa shape index (κ2) is 6.12. The van der Waals surface area contributed by atoms with Crippen LogP contribution in [-0.2, 0) is 0 Å². The molecule has 0 aliphatic carbocycles. The van der Waals surface area contributed by atoms with Crippen LogP contribution >= 0.6 is 11.8 Å². The molecule has 0 spiro atoms. The maximum absolute atomic E-state index is 5.94. The van der Waals surface area contributed by atoms with Crippen molar-refractivity contribution in [2.75, 3.05) is 0 Å². The van der Waals surface area contributed by atoms with Crippen molar-refractivity contribution in [2.45, 2.75) is 43.3 Å². The van der Waals surface area contributed by atoms with Gasteiger partial charge < -0.3 is 5.73 Å². The van der Waals surface area contributed by atoms with E-state index in [2.05, 4.69) is 21.9 Å². The van der Waals surface area contributed by atoms with Crippen LogP contribution in [0.15, 0.2) is 34.4 Å². The minimum Gasteiger partial charge on any atom is -0.323 e. The summed E-state index contributed by atoms with van der Waals surface area (Å²) in [6, 6.07) is 5.96. The van der Waals surface area contributed by atoms with Crippen LogP contribution in [-0.4, -0.2) is 15.0 Å². The molecule has 0 saturated heterocycles. The molecule has 0 aliphatic rings. The summed E-state index contributed by atoms with van der Waals surface area (Å²) in [5, 5.41) is 0.756. The zero-order valence-electron chi connectivity index (χ0n) is 11.4. The summed E-state index contributed by atoms with van der Waals surface area (Å²) >= 11 is 1.52. The van der Waals surface area contributed by atoms with Crippen LogP contribution in [0.5, 0.6) is 0 Å². The fourth-order valence-electron chi connectivity index (χ4n) is 1.73. The summed E-state index contributed by atoms with van der Waals surface area (Å²) in [6.07, 6.45) is 2.72. The largest absolute Gasteiger partial charge is 0.323 e. The number of nitrogens with zero attached hydrogens (tertiary/aromatic N) is 3. The Morgan fingerprint density at radius 2 is 1.89 bits per heavy atom. The van der Waals surface area contributed by atoms with E-state index in [-0.39, 0.29) is 6.04 Å². The Balaban J connectivity index is 2.15. The molecule has 0 bridgehead atoms. The minimum atomic E-state index is 0.0107. The van der Waals surface area contributed by atoms with Crippen molar-refractivity contribution in [3.8, 4) is 0 Å². The Morgan fingerprint density at radius 3 is 2.42 bits per heavy atom. The van der Waals surface area contributed by atoms with E-state index in [1.807, 2.05) is 38.2 Å². The Kier molecular flexibility index (Phi) is 4.50. The maximum Gasteiger partial charge on any atom is 0.192 e. The first-order valence-electron chi connectivity index (χ1n) is 6.30. The second-order valence-electron chi connectivity index (χ2n) is 4.47. The lowest BCUT2D eigenvalue weighted by atomic mass is 10.1. The highest BCUT2D eigenvalue weighted by atomic mass is 32.2. The molecule has 0 fully saturated rings. The van der Waals surface area contributed by atoms with Crippen LogP contribution in [0.4, 0.5) is 0 Å². The quantitative estimate of drug-likeness (QED) is 0.868. The molecule has 2 N–H and O–H groups in total. The number of hydrogen-bond donors (Lipinski definition) is 1. The van der Waals surface area contributed by atoms with E-state index in [9.17, 15) is 0 Å². The van der Waals surface area contributed by atoms with E-state index in [4.69, 9.17) is 5.73 Å². The van der Waals surface area contributed by atoms with Crippen LogP contribution in [0.2, 0.25) is 0 Å². The molecule has 0 aliphatic heterocycles. The summed E-state index contributed by atoms with van der Waals surface area (Å²) in [4.78, 5) is 14.2. The lowest BCUT2D eigenvalue weighted by Crippen LogP contribution is -2.10. The van der Waals surface area contributed by atoms with Crippen LogP contribution in [0.3, 0.4) is 0 Å². The number of hydrogen-bond acceptors (Lipinski definition) is 5. The van der Waals surface area contributed by atoms with Crippen LogP contribution in [0.25, 0.3) is 0 Å². The molecule has 1 atom stereocenters. The molecule has 0 unspecified atom stereocenters. The van der Waals surface area contributed by atoms with Gasteiger partial charge in [0.25, 0.3) is 0 Å². The summed E-state index contributed by atoms with van der Waals surface area (Å²) in [7, 11) is 0. The second-order valence-corrected chi connectivity index (χ2v) is 5.51. The lowest BCUT2D eigenvalue weighted by molar-refractivity contribution is 0.674. The fourth-order valence-corrected chi connectivity index (χ4v) is 2.56. The fraction of sp³-hybridized carbons (Fsp3) is 0.357. The summed E-state index contributed by atoms with van der Waals surface area (Å²) in [5.74, 6) is 0. The van der Waals surface area contributed by atoms with Crippen molar-refractivity contribution in [3.05, 3.63) is 41.5 Å². The molecule has 0 amide bonds. The standard InChI is InChI=1S/C14H18N4S/c1-4-12(15)13-6-5-11(8-16-13)19-14-17-9(2)7-10(3)18-14/h5-8,12H,4,15H2,1-3H3/t12-/m0/s1. The first-order valence-corrected chi connectivity index (χ1v) is 7.12. The predicted octanol–water partition coefficient (Wildman–Crippen LogP) is 3.05. The molecule has 2 aromatic rings. The molecule has 5 heteroatoms. The Bertz CT molecular complexity index is 534. The Labute approximate surface area is 117 Å². The molecular formula is C14H18N4S. The summed E-state index contributed by atoms with van der Waals surface area (Å²) < 4.78 is 0. The predicted molar refractivity (Wildman–Crippen MR) is 77.1 cm³/mol. The average Bonchev–Trinajstić information content (AvgIpc) is 2.37. The molecule has 0 aromatic carbocycles. The normalized spacial score (nSPS) is 12.4. The van der Waals surface area contributed by atoms with E-state index in [1.54, 1.807) is 0 Å². The van der Waals surface area contributed by atoms with Crippen molar-refractivity contribution >= 4 is 11.8 Å². The van der Waals surface area contributed by atoms with Gasteiger partial charge in [0.2, 0.25) is 0 Å². The highest BCUT2D eigenvalue weighted by Crippen LogP contribution is 2.25. The Morgan fingerprint density at radius 1 is 1.21 bits per heavy atom. The highest BCUT2D eigenvalue weighted by Gasteiger charge is 2.06. The number of pyridine rings is 1. The topological polar surface area (TPSA) is 64.7 Å². The van der Waals surface area contributed by atoms with Gasteiger partial charge in [0.15, 0.2) is 5.16 Å². The molecule has 0 saturated carbocycles. The maximum atomic E-state index is 5.94. The number of aromatic nitrogens is 3. The lowest BCUT2D eigenvalue weighted by Gasteiger charge is -2.08. The van der Waals surface area contributed by atoms with Crippen molar-refractivity contribution < 1.29 is 0 Å². The van der Waals surface area contributed by atoms with Gasteiger partial charge in [-0.25, -0.2) is 9.97 Å². The molecule has 2 aromatic heterocycles. The molecular weight excluding hydrogens is 256 g/mol. The van der Waals surface area contributed by atoms with Gasteiger partial charge in [-0.05, 0) is 50.2 Å². The van der Waals surface area contributed by atoms with Gasteiger partial charge in [-0.1, -0.05) is 6.92 Å². The van der Waals surface area contributed by atoms with Crippen molar-refractivity contribution in [1.82, 2.24) is 15.0 Å². The molecule has 2 heterocycles. The highest BCUT2D eigenvalue weighted by molar-refractivity contribution is 7.99. The van der Waals surface area contributed by atoms with Gasteiger partial charge >= 0.3 is 0 Å². The SMILES string of the molecule is CC[C@H](N)c1ccc(Sc2nc(C)cc(C)n2)cn1. The van der Waals surface area contributed by atoms with Gasteiger partial charge in [-0.3, -0.25) is 4.98 Å². The zero-order valence-corrected chi connectivity index (χ0v) is 12.2. The summed E-state index contributed by atoms with van der Waals surface area (Å²) in [6.45, 7) is 6.00. The third-order valence-electron chi connectivity index (χ3n) is 2.75. The zero-order chi connectivity index (χ0) is 13.8. The van der Waals surface area contributed by atoms with Crippen LogP contribution in [0.1, 0.15) is 36.5 Å². The van der Waals surface area contributed by atoms with Crippen molar-refractivity contribution in [1.29, 1.82) is 0 Å². The van der Waals surface area contributed by atoms with Gasteiger partial charge in [-0.15, -0.1) is 0 Å². The van der Waals surface area contributed by atoms with Crippen molar-refractivity contribution in [3.63, 3.8) is 0 Å². The third-order valence-corrected chi connectivity index (χ3v) is 3.59. The van der Waals surface area contributed by atoms with Crippen LogP contribution in [0, 0.1) is 13.8 Å². The van der Waals surface area contributed by atoms with Gasteiger partial charge in [0.1, 0.15) is 0 Å². The molecule has 100 valence electrons. The van der Waals surface area contributed by atoms with E-state index in [0.29, 0.717) is 0 Å². The molecule has 4 nitrogen and oxygen atoms in total. The third kappa shape index (κ3) is 3.75. The smallest absolute Gasteiger partial charge is 0.192 e. The minimum absolute atomic E-state index is 0.0107. The van der Waals surface area contributed by atoms with E-state index in [0.717, 1.165) is 33.6 Å². The molecule has 0 radical (unpaired) electrons. The van der Waals surface area contributed by atoms with E-state index >= 15 is 0 Å².